The van der Waals surface area contributed by atoms with Gasteiger partial charge in [-0.2, -0.15) is 5.10 Å². The van der Waals surface area contributed by atoms with Gasteiger partial charge in [0, 0.05) is 18.7 Å². The van der Waals surface area contributed by atoms with Gasteiger partial charge in [-0.1, -0.05) is 12.1 Å². The van der Waals surface area contributed by atoms with Crippen LogP contribution in [0.1, 0.15) is 41.7 Å². The molecule has 2 heterocycles. The van der Waals surface area contributed by atoms with Crippen molar-refractivity contribution in [3.05, 3.63) is 72.3 Å². The zero-order valence-corrected chi connectivity index (χ0v) is 18.5. The summed E-state index contributed by atoms with van der Waals surface area (Å²) in [5.74, 6) is -0.283. The van der Waals surface area contributed by atoms with Crippen LogP contribution in [0.25, 0.3) is 5.69 Å². The number of benzene rings is 2. The van der Waals surface area contributed by atoms with Gasteiger partial charge in [-0.15, -0.1) is 0 Å². The largest absolute Gasteiger partial charge is 0.377 e. The Morgan fingerprint density at radius 3 is 2.56 bits per heavy atom. The third kappa shape index (κ3) is 5.21. The highest BCUT2D eigenvalue weighted by atomic mass is 32.2. The molecule has 0 spiro atoms. The summed E-state index contributed by atoms with van der Waals surface area (Å²) in [5.41, 5.74) is 2.18. The Hall–Kier alpha value is -3.08. The summed E-state index contributed by atoms with van der Waals surface area (Å²) >= 11 is 0. The van der Waals surface area contributed by atoms with E-state index in [1.807, 2.05) is 31.2 Å². The number of amides is 1. The Morgan fingerprint density at radius 1 is 1.19 bits per heavy atom. The number of rotatable bonds is 8. The number of carbonyl (C=O) groups is 1. The Bertz CT molecular complexity index is 1140. The fourth-order valence-corrected chi connectivity index (χ4v) is 4.56. The van der Waals surface area contributed by atoms with Gasteiger partial charge < -0.3 is 10.1 Å². The molecule has 3 aromatic rings. The van der Waals surface area contributed by atoms with Crippen molar-refractivity contribution in [3.8, 4) is 5.69 Å². The summed E-state index contributed by atoms with van der Waals surface area (Å²) in [6, 6.07) is 13.3. The third-order valence-electron chi connectivity index (χ3n) is 5.38. The molecule has 32 heavy (non-hydrogen) atoms. The van der Waals surface area contributed by atoms with E-state index in [1.165, 1.54) is 30.6 Å². The molecular formula is C22H25N5O4S. The van der Waals surface area contributed by atoms with Crippen molar-refractivity contribution >= 4 is 15.9 Å². The van der Waals surface area contributed by atoms with E-state index in [0.717, 1.165) is 24.1 Å². The van der Waals surface area contributed by atoms with Crippen molar-refractivity contribution in [2.75, 3.05) is 13.2 Å². The maximum Gasteiger partial charge on any atom is 0.251 e. The quantitative estimate of drug-likeness (QED) is 0.538. The van der Waals surface area contributed by atoms with Crippen molar-refractivity contribution in [1.29, 1.82) is 0 Å². The second-order valence-electron chi connectivity index (χ2n) is 7.64. The molecule has 9 nitrogen and oxygen atoms in total. The molecule has 2 N–H and O–H groups in total. The van der Waals surface area contributed by atoms with E-state index in [0.29, 0.717) is 12.2 Å². The van der Waals surface area contributed by atoms with E-state index < -0.39 is 10.0 Å². The summed E-state index contributed by atoms with van der Waals surface area (Å²) in [7, 11) is -3.65. The van der Waals surface area contributed by atoms with Crippen molar-refractivity contribution < 1.29 is 17.9 Å². The molecule has 0 aliphatic carbocycles. The van der Waals surface area contributed by atoms with Crippen molar-refractivity contribution in [1.82, 2.24) is 24.8 Å². The molecule has 1 saturated heterocycles. The number of hydrogen-bond acceptors (Lipinski definition) is 6. The van der Waals surface area contributed by atoms with E-state index in [2.05, 4.69) is 20.1 Å². The molecule has 0 unspecified atom stereocenters. The summed E-state index contributed by atoms with van der Waals surface area (Å²) < 4.78 is 34.6. The fraction of sp³-hybridized carbons (Fsp3) is 0.318. The number of sulfonamides is 1. The first-order valence-electron chi connectivity index (χ1n) is 10.4. The molecule has 1 amide bonds. The lowest BCUT2D eigenvalue weighted by atomic mass is 10.1. The number of nitrogens with one attached hydrogen (secondary N) is 2. The number of nitrogens with zero attached hydrogens (tertiary/aromatic N) is 3. The minimum Gasteiger partial charge on any atom is -0.377 e. The Kier molecular flexibility index (Phi) is 6.63. The van der Waals surface area contributed by atoms with Crippen LogP contribution in [0.4, 0.5) is 0 Å². The van der Waals surface area contributed by atoms with Crippen LogP contribution in [-0.2, 0) is 14.8 Å². The smallest absolute Gasteiger partial charge is 0.251 e. The minimum atomic E-state index is -3.65. The van der Waals surface area contributed by atoms with Crippen LogP contribution in [0.15, 0.2) is 66.1 Å². The molecule has 1 fully saturated rings. The van der Waals surface area contributed by atoms with Gasteiger partial charge in [0.1, 0.15) is 12.7 Å². The second-order valence-corrected chi connectivity index (χ2v) is 9.40. The topological polar surface area (TPSA) is 115 Å². The van der Waals surface area contributed by atoms with Gasteiger partial charge in [-0.05, 0) is 61.7 Å². The first-order chi connectivity index (χ1) is 15.4. The fourth-order valence-electron chi connectivity index (χ4n) is 3.50. The minimum absolute atomic E-state index is 0.0819. The highest BCUT2D eigenvalue weighted by Crippen LogP contribution is 2.17. The van der Waals surface area contributed by atoms with E-state index in [4.69, 9.17) is 4.74 Å². The lowest BCUT2D eigenvalue weighted by molar-refractivity contribution is 0.0939. The summed E-state index contributed by atoms with van der Waals surface area (Å²) in [6.07, 6.45) is 4.79. The van der Waals surface area contributed by atoms with Crippen LogP contribution < -0.4 is 10.0 Å². The van der Waals surface area contributed by atoms with Gasteiger partial charge in [-0.3, -0.25) is 4.79 Å². The molecule has 168 valence electrons. The number of carbonyl (C=O) groups excluding carboxylic acids is 1. The van der Waals surface area contributed by atoms with Gasteiger partial charge in [0.2, 0.25) is 10.0 Å². The van der Waals surface area contributed by atoms with Crippen molar-refractivity contribution in [3.63, 3.8) is 0 Å². The van der Waals surface area contributed by atoms with E-state index >= 15 is 0 Å². The molecule has 1 aliphatic heterocycles. The summed E-state index contributed by atoms with van der Waals surface area (Å²) in [5, 5.41) is 7.02. The molecule has 0 saturated carbocycles. The van der Waals surface area contributed by atoms with Crippen LogP contribution in [0.2, 0.25) is 0 Å². The average Bonchev–Trinajstić information content (AvgIpc) is 3.52. The molecule has 4 rings (SSSR count). The van der Waals surface area contributed by atoms with Crippen LogP contribution in [0, 0.1) is 0 Å². The molecule has 1 aliphatic rings. The number of hydrogen-bond donors (Lipinski definition) is 2. The van der Waals surface area contributed by atoms with E-state index in [-0.39, 0.29) is 29.5 Å². The van der Waals surface area contributed by atoms with Gasteiger partial charge in [-0.25, -0.2) is 22.8 Å². The summed E-state index contributed by atoms with van der Waals surface area (Å²) in [4.78, 5) is 16.7. The number of ether oxygens (including phenoxy) is 1. The second kappa shape index (κ2) is 9.60. The van der Waals surface area contributed by atoms with Gasteiger partial charge in [0.05, 0.1) is 22.7 Å². The van der Waals surface area contributed by atoms with Crippen LogP contribution in [-0.4, -0.2) is 48.3 Å². The molecule has 1 aromatic heterocycles. The molecular weight excluding hydrogens is 430 g/mol. The highest BCUT2D eigenvalue weighted by Gasteiger charge is 2.21. The normalized spacial score (nSPS) is 17.2. The van der Waals surface area contributed by atoms with E-state index in [1.54, 1.807) is 11.0 Å². The van der Waals surface area contributed by atoms with Gasteiger partial charge >= 0.3 is 0 Å². The average molecular weight is 456 g/mol. The Labute approximate surface area is 186 Å². The Balaban J connectivity index is 1.35. The van der Waals surface area contributed by atoms with Crippen LogP contribution in [0.5, 0.6) is 0 Å². The van der Waals surface area contributed by atoms with Crippen molar-refractivity contribution in [2.45, 2.75) is 36.8 Å². The lowest BCUT2D eigenvalue weighted by Gasteiger charge is -2.15. The van der Waals surface area contributed by atoms with E-state index in [9.17, 15) is 13.2 Å². The molecule has 0 radical (unpaired) electrons. The molecule has 2 atom stereocenters. The first-order valence-corrected chi connectivity index (χ1v) is 11.9. The van der Waals surface area contributed by atoms with Gasteiger partial charge in [0.15, 0.2) is 0 Å². The monoisotopic (exact) mass is 455 g/mol. The van der Waals surface area contributed by atoms with Crippen LogP contribution in [0.3, 0.4) is 0 Å². The molecule has 10 heteroatoms. The summed E-state index contributed by atoms with van der Waals surface area (Å²) in [6.45, 7) is 2.80. The maximum atomic E-state index is 12.6. The maximum absolute atomic E-state index is 12.6. The highest BCUT2D eigenvalue weighted by molar-refractivity contribution is 7.89. The predicted octanol–water partition coefficient (Wildman–Crippen LogP) is 2.22. The molecule has 0 bridgehead atoms. The SMILES string of the molecule is C[C@@H](NC(=O)c1ccc(S(=O)(=O)NC[C@@H]2CCCO2)cc1)c1ccc(-n2cncn2)cc1. The first kappa shape index (κ1) is 22.1. The standard InChI is InChI=1S/C22H25N5O4S/c1-16(17-4-8-19(9-5-17)27-15-23-14-24-27)26-22(28)18-6-10-21(11-7-18)32(29,30)25-13-20-3-2-12-31-20/h4-11,14-16,20,25H,2-3,12-13H2,1H3,(H,26,28)/t16-,20+/m1/s1. The number of aromatic nitrogens is 3. The predicted molar refractivity (Wildman–Crippen MR) is 118 cm³/mol. The lowest BCUT2D eigenvalue weighted by Crippen LogP contribution is -2.32. The molecule has 2 aromatic carbocycles. The van der Waals surface area contributed by atoms with Crippen molar-refractivity contribution in [2.24, 2.45) is 0 Å². The third-order valence-corrected chi connectivity index (χ3v) is 6.82. The Morgan fingerprint density at radius 2 is 1.94 bits per heavy atom. The van der Waals surface area contributed by atoms with Gasteiger partial charge in [0.25, 0.3) is 5.91 Å². The van der Waals surface area contributed by atoms with Crippen LogP contribution >= 0.6 is 0 Å². The zero-order chi connectivity index (χ0) is 22.6. The zero-order valence-electron chi connectivity index (χ0n) is 17.6.